The molecule has 0 saturated carbocycles. The number of benzene rings is 1. The average Bonchev–Trinajstić information content (AvgIpc) is 2.79. The van der Waals surface area contributed by atoms with Gasteiger partial charge in [-0.2, -0.15) is 0 Å². The molecule has 86 valence electrons. The number of hydrogen-bond donors (Lipinski definition) is 1. The Balaban J connectivity index is 1.90. The maximum absolute atomic E-state index is 11.9. The zero-order valence-electron chi connectivity index (χ0n) is 9.65. The van der Waals surface area contributed by atoms with Crippen LogP contribution in [0.1, 0.15) is 13.3 Å². The van der Waals surface area contributed by atoms with Crippen LogP contribution in [0.2, 0.25) is 0 Å². The monoisotopic (exact) mass is 218 g/mol. The second-order valence-electron chi connectivity index (χ2n) is 4.23. The molecule has 0 spiro atoms. The minimum Gasteiger partial charge on any atom is -0.326 e. The summed E-state index contributed by atoms with van der Waals surface area (Å²) >= 11 is 0. The molecule has 3 nitrogen and oxygen atoms in total. The first-order chi connectivity index (χ1) is 7.79. The Labute approximate surface area is 96.5 Å². The van der Waals surface area contributed by atoms with Crippen LogP contribution in [0.5, 0.6) is 0 Å². The van der Waals surface area contributed by atoms with E-state index in [0.717, 1.165) is 31.7 Å². The molecule has 1 aliphatic heterocycles. The molecule has 1 aromatic rings. The Hall–Kier alpha value is -1.35. The van der Waals surface area contributed by atoms with Gasteiger partial charge in [-0.1, -0.05) is 25.1 Å². The van der Waals surface area contributed by atoms with Crippen molar-refractivity contribution in [2.45, 2.75) is 13.3 Å². The van der Waals surface area contributed by atoms with E-state index in [-0.39, 0.29) is 11.8 Å². The predicted octanol–water partition coefficient (Wildman–Crippen LogP) is 1.97. The molecule has 1 atom stereocenters. The highest BCUT2D eigenvalue weighted by Gasteiger charge is 2.27. The van der Waals surface area contributed by atoms with Crippen molar-refractivity contribution in [1.82, 2.24) is 4.90 Å². The van der Waals surface area contributed by atoms with Gasteiger partial charge >= 0.3 is 0 Å². The van der Waals surface area contributed by atoms with E-state index in [1.165, 1.54) is 0 Å². The van der Waals surface area contributed by atoms with Gasteiger partial charge in [-0.15, -0.1) is 0 Å². The molecule has 1 aliphatic rings. The number of carbonyl (C=O) groups is 1. The number of nitrogens with zero attached hydrogens (tertiary/aromatic N) is 1. The third kappa shape index (κ3) is 2.61. The summed E-state index contributed by atoms with van der Waals surface area (Å²) in [4.78, 5) is 14.3. The molecule has 1 N–H and O–H groups in total. The molecule has 3 heteroatoms. The van der Waals surface area contributed by atoms with E-state index < -0.39 is 0 Å². The second kappa shape index (κ2) is 5.12. The molecule has 1 aromatic carbocycles. The fourth-order valence-electron chi connectivity index (χ4n) is 2.10. The first-order valence-electron chi connectivity index (χ1n) is 5.88. The number of amides is 1. The number of hydrogen-bond acceptors (Lipinski definition) is 2. The molecule has 1 saturated heterocycles. The highest BCUT2D eigenvalue weighted by molar-refractivity contribution is 5.92. The van der Waals surface area contributed by atoms with E-state index >= 15 is 0 Å². The molecular formula is C13H18N2O. The molecule has 0 aromatic heterocycles. The fourth-order valence-corrected chi connectivity index (χ4v) is 2.10. The molecule has 1 amide bonds. The predicted molar refractivity (Wildman–Crippen MR) is 65.3 cm³/mol. The summed E-state index contributed by atoms with van der Waals surface area (Å²) in [5.41, 5.74) is 0.891. The summed E-state index contributed by atoms with van der Waals surface area (Å²) in [5.74, 6) is 0.308. The van der Waals surface area contributed by atoms with Crippen LogP contribution in [0.4, 0.5) is 5.69 Å². The lowest BCUT2D eigenvalue weighted by molar-refractivity contribution is -0.119. The zero-order valence-corrected chi connectivity index (χ0v) is 9.65. The zero-order chi connectivity index (χ0) is 11.4. The lowest BCUT2D eigenvalue weighted by Gasteiger charge is -2.13. The number of nitrogens with one attached hydrogen (secondary N) is 1. The third-order valence-corrected chi connectivity index (χ3v) is 3.13. The molecule has 2 rings (SSSR count). The summed E-state index contributed by atoms with van der Waals surface area (Å²) in [6.07, 6.45) is 0.979. The van der Waals surface area contributed by atoms with Gasteiger partial charge in [-0.3, -0.25) is 4.79 Å². The summed E-state index contributed by atoms with van der Waals surface area (Å²) in [6.45, 7) is 5.12. The lowest BCUT2D eigenvalue weighted by atomic mass is 10.1. The molecule has 1 fully saturated rings. The number of anilines is 1. The smallest absolute Gasteiger partial charge is 0.228 e. The standard InChI is InChI=1S/C13H18N2O/c1-2-15-9-8-11(10-15)13(16)14-12-6-4-3-5-7-12/h3-7,11H,2,8-10H2,1H3,(H,14,16). The Morgan fingerprint density at radius 3 is 2.81 bits per heavy atom. The summed E-state index contributed by atoms with van der Waals surface area (Å²) in [6, 6.07) is 9.66. The van der Waals surface area contributed by atoms with Crippen molar-refractivity contribution in [3.8, 4) is 0 Å². The Morgan fingerprint density at radius 1 is 1.44 bits per heavy atom. The van der Waals surface area contributed by atoms with E-state index in [4.69, 9.17) is 0 Å². The average molecular weight is 218 g/mol. The highest BCUT2D eigenvalue weighted by Crippen LogP contribution is 2.17. The largest absolute Gasteiger partial charge is 0.326 e. The van der Waals surface area contributed by atoms with Crippen molar-refractivity contribution in [3.05, 3.63) is 30.3 Å². The van der Waals surface area contributed by atoms with Crippen molar-refractivity contribution >= 4 is 11.6 Å². The highest BCUT2D eigenvalue weighted by atomic mass is 16.1. The Bertz CT molecular complexity index is 350. The number of carbonyl (C=O) groups excluding carboxylic acids is 1. The van der Waals surface area contributed by atoms with Gasteiger partial charge in [-0.05, 0) is 31.6 Å². The molecule has 1 heterocycles. The van der Waals surface area contributed by atoms with Crippen molar-refractivity contribution in [3.63, 3.8) is 0 Å². The van der Waals surface area contributed by atoms with Crippen LogP contribution in [-0.4, -0.2) is 30.4 Å². The van der Waals surface area contributed by atoms with Crippen molar-refractivity contribution in [2.75, 3.05) is 25.0 Å². The van der Waals surface area contributed by atoms with E-state index in [9.17, 15) is 4.79 Å². The normalized spacial score (nSPS) is 20.9. The van der Waals surface area contributed by atoms with Gasteiger partial charge in [0.15, 0.2) is 0 Å². The van der Waals surface area contributed by atoms with Crippen LogP contribution in [0, 0.1) is 5.92 Å². The van der Waals surface area contributed by atoms with Crippen LogP contribution in [0.15, 0.2) is 30.3 Å². The van der Waals surface area contributed by atoms with E-state index in [1.807, 2.05) is 30.3 Å². The first-order valence-corrected chi connectivity index (χ1v) is 5.88. The van der Waals surface area contributed by atoms with Crippen LogP contribution in [-0.2, 0) is 4.79 Å². The Morgan fingerprint density at radius 2 is 2.19 bits per heavy atom. The van der Waals surface area contributed by atoms with Crippen molar-refractivity contribution in [2.24, 2.45) is 5.92 Å². The topological polar surface area (TPSA) is 32.3 Å². The molecule has 16 heavy (non-hydrogen) atoms. The summed E-state index contributed by atoms with van der Waals surface area (Å²) in [7, 11) is 0. The first kappa shape index (κ1) is 11.1. The van der Waals surface area contributed by atoms with Crippen LogP contribution < -0.4 is 5.32 Å². The minimum absolute atomic E-state index is 0.153. The molecular weight excluding hydrogens is 200 g/mol. The van der Waals surface area contributed by atoms with Gasteiger partial charge in [0.25, 0.3) is 0 Å². The lowest BCUT2D eigenvalue weighted by Crippen LogP contribution is -2.26. The van der Waals surface area contributed by atoms with Crippen molar-refractivity contribution < 1.29 is 4.79 Å². The van der Waals surface area contributed by atoms with Gasteiger partial charge in [-0.25, -0.2) is 0 Å². The van der Waals surface area contributed by atoms with E-state index in [2.05, 4.69) is 17.1 Å². The second-order valence-corrected chi connectivity index (χ2v) is 4.23. The SMILES string of the molecule is CCN1CCC(C(=O)Nc2ccccc2)C1. The van der Waals surface area contributed by atoms with Gasteiger partial charge in [0.1, 0.15) is 0 Å². The van der Waals surface area contributed by atoms with Gasteiger partial charge in [0, 0.05) is 12.2 Å². The summed E-state index contributed by atoms with van der Waals surface area (Å²) < 4.78 is 0. The van der Waals surface area contributed by atoms with Crippen LogP contribution in [0.25, 0.3) is 0 Å². The molecule has 1 unspecified atom stereocenters. The molecule has 0 bridgehead atoms. The molecule has 0 aliphatic carbocycles. The van der Waals surface area contributed by atoms with Crippen molar-refractivity contribution in [1.29, 1.82) is 0 Å². The van der Waals surface area contributed by atoms with Gasteiger partial charge in [0.2, 0.25) is 5.91 Å². The number of para-hydroxylation sites is 1. The quantitative estimate of drug-likeness (QED) is 0.841. The maximum atomic E-state index is 11.9. The molecule has 0 radical (unpaired) electrons. The van der Waals surface area contributed by atoms with Crippen LogP contribution >= 0.6 is 0 Å². The van der Waals surface area contributed by atoms with Crippen LogP contribution in [0.3, 0.4) is 0 Å². The van der Waals surface area contributed by atoms with Gasteiger partial charge < -0.3 is 10.2 Å². The maximum Gasteiger partial charge on any atom is 0.228 e. The van der Waals surface area contributed by atoms with E-state index in [1.54, 1.807) is 0 Å². The fraction of sp³-hybridized carbons (Fsp3) is 0.462. The number of likely N-dealkylation sites (tertiary alicyclic amines) is 1. The summed E-state index contributed by atoms with van der Waals surface area (Å²) in [5, 5.41) is 2.96. The third-order valence-electron chi connectivity index (χ3n) is 3.13. The van der Waals surface area contributed by atoms with E-state index in [0.29, 0.717) is 0 Å². The number of rotatable bonds is 3. The van der Waals surface area contributed by atoms with Gasteiger partial charge in [0.05, 0.1) is 5.92 Å². The Kier molecular flexibility index (Phi) is 3.57. The minimum atomic E-state index is 0.153.